The van der Waals surface area contributed by atoms with E-state index < -0.39 is 0 Å². The summed E-state index contributed by atoms with van der Waals surface area (Å²) in [5.41, 5.74) is 1.18. The molecule has 4 rings (SSSR count). The van der Waals surface area contributed by atoms with Gasteiger partial charge in [0.1, 0.15) is 5.75 Å². The molecule has 1 aromatic rings. The second-order valence-corrected chi connectivity index (χ2v) is 6.90. The lowest BCUT2D eigenvalue weighted by Crippen LogP contribution is -2.50. The van der Waals surface area contributed by atoms with Gasteiger partial charge in [-0.15, -0.1) is 0 Å². The van der Waals surface area contributed by atoms with Crippen LogP contribution in [-0.4, -0.2) is 44.1 Å². The number of ether oxygens (including phenoxy) is 1. The molecule has 1 aliphatic heterocycles. The van der Waals surface area contributed by atoms with E-state index in [0.29, 0.717) is 17.7 Å². The third-order valence-electron chi connectivity index (χ3n) is 5.61. The van der Waals surface area contributed by atoms with E-state index in [1.807, 2.05) is 12.1 Å². The van der Waals surface area contributed by atoms with Gasteiger partial charge in [-0.25, -0.2) is 0 Å². The van der Waals surface area contributed by atoms with Crippen molar-refractivity contribution in [1.82, 2.24) is 4.90 Å². The second-order valence-electron chi connectivity index (χ2n) is 6.90. The number of rotatable bonds is 3. The molecule has 3 aliphatic rings. The average molecular weight is 312 g/mol. The van der Waals surface area contributed by atoms with E-state index in [4.69, 9.17) is 4.74 Å². The summed E-state index contributed by atoms with van der Waals surface area (Å²) >= 11 is 0. The molecule has 2 bridgehead atoms. The van der Waals surface area contributed by atoms with Crippen LogP contribution in [0.4, 0.5) is 5.69 Å². The Morgan fingerprint density at radius 3 is 2.61 bits per heavy atom. The van der Waals surface area contributed by atoms with E-state index in [1.165, 1.54) is 12.1 Å². The van der Waals surface area contributed by atoms with Crippen LogP contribution in [0.25, 0.3) is 0 Å². The Labute approximate surface area is 137 Å². The zero-order valence-corrected chi connectivity index (χ0v) is 13.6. The van der Waals surface area contributed by atoms with E-state index in [-0.39, 0.29) is 5.92 Å². The van der Waals surface area contributed by atoms with E-state index in [9.17, 15) is 4.79 Å². The van der Waals surface area contributed by atoms with Crippen LogP contribution in [0.15, 0.2) is 36.4 Å². The van der Waals surface area contributed by atoms with Crippen LogP contribution < -0.4 is 9.64 Å². The topological polar surface area (TPSA) is 32.8 Å². The smallest absolute Gasteiger partial charge is 0.226 e. The van der Waals surface area contributed by atoms with Crippen LogP contribution in [0.5, 0.6) is 5.75 Å². The molecule has 2 fully saturated rings. The maximum absolute atomic E-state index is 12.8. The fraction of sp³-hybridized carbons (Fsp3) is 0.526. The fourth-order valence-corrected chi connectivity index (χ4v) is 4.29. The standard InChI is InChI=1S/C19H24N2O2/c1-23-17-4-2-3-16(13-17)20-7-9-21(10-8-20)19(22)18-12-14-5-6-15(18)11-14/h2-6,13-15,18H,7-12H2,1H3/t14-,15+,18+/m1/s1. The Balaban J connectivity index is 1.37. The molecule has 0 spiro atoms. The number of carbonyl (C=O) groups is 1. The zero-order valence-electron chi connectivity index (χ0n) is 13.6. The summed E-state index contributed by atoms with van der Waals surface area (Å²) in [6.07, 6.45) is 6.83. The number of piperazine rings is 1. The van der Waals surface area contributed by atoms with Gasteiger partial charge >= 0.3 is 0 Å². The van der Waals surface area contributed by atoms with Crippen molar-refractivity contribution >= 4 is 11.6 Å². The first-order valence-corrected chi connectivity index (χ1v) is 8.60. The van der Waals surface area contributed by atoms with E-state index in [2.05, 4.69) is 34.1 Å². The van der Waals surface area contributed by atoms with Crippen molar-refractivity contribution in [2.24, 2.45) is 17.8 Å². The molecule has 1 saturated carbocycles. The summed E-state index contributed by atoms with van der Waals surface area (Å²) in [6, 6.07) is 8.16. The molecule has 0 unspecified atom stereocenters. The van der Waals surface area contributed by atoms with Gasteiger partial charge in [0.2, 0.25) is 5.91 Å². The van der Waals surface area contributed by atoms with E-state index >= 15 is 0 Å². The zero-order chi connectivity index (χ0) is 15.8. The summed E-state index contributed by atoms with van der Waals surface area (Å²) in [5, 5.41) is 0. The minimum absolute atomic E-state index is 0.244. The molecule has 4 nitrogen and oxygen atoms in total. The predicted molar refractivity (Wildman–Crippen MR) is 90.6 cm³/mol. The second kappa shape index (κ2) is 5.91. The number of nitrogens with zero attached hydrogens (tertiary/aromatic N) is 2. The van der Waals surface area contributed by atoms with E-state index in [0.717, 1.165) is 38.3 Å². The molecule has 1 heterocycles. The number of carbonyl (C=O) groups excluding carboxylic acids is 1. The molecule has 1 saturated heterocycles. The first-order chi connectivity index (χ1) is 11.2. The first-order valence-electron chi connectivity index (χ1n) is 8.60. The third-order valence-corrected chi connectivity index (χ3v) is 5.61. The van der Waals surface area contributed by atoms with Gasteiger partial charge in [0, 0.05) is 43.9 Å². The summed E-state index contributed by atoms with van der Waals surface area (Å²) in [4.78, 5) is 17.2. The van der Waals surface area contributed by atoms with Crippen LogP contribution in [-0.2, 0) is 4.79 Å². The van der Waals surface area contributed by atoms with Crippen molar-refractivity contribution in [3.05, 3.63) is 36.4 Å². The van der Waals surface area contributed by atoms with Gasteiger partial charge in [-0.1, -0.05) is 18.2 Å². The summed E-state index contributed by atoms with van der Waals surface area (Å²) < 4.78 is 5.30. The Bertz CT molecular complexity index is 620. The third kappa shape index (κ3) is 2.71. The quantitative estimate of drug-likeness (QED) is 0.804. The Morgan fingerprint density at radius 2 is 1.96 bits per heavy atom. The van der Waals surface area contributed by atoms with Gasteiger partial charge in [-0.05, 0) is 36.8 Å². The molecule has 0 N–H and O–H groups in total. The fourth-order valence-electron chi connectivity index (χ4n) is 4.29. The molecule has 0 aromatic heterocycles. The van der Waals surface area contributed by atoms with Crippen LogP contribution >= 0.6 is 0 Å². The number of anilines is 1. The van der Waals surface area contributed by atoms with Crippen LogP contribution in [0.2, 0.25) is 0 Å². The van der Waals surface area contributed by atoms with Crippen molar-refractivity contribution in [2.45, 2.75) is 12.8 Å². The molecule has 0 radical (unpaired) electrons. The molecule has 3 atom stereocenters. The molecule has 4 heteroatoms. The number of amides is 1. The van der Waals surface area contributed by atoms with Crippen molar-refractivity contribution < 1.29 is 9.53 Å². The van der Waals surface area contributed by atoms with Gasteiger partial charge in [-0.3, -0.25) is 4.79 Å². The molecule has 1 aromatic carbocycles. The minimum atomic E-state index is 0.244. The summed E-state index contributed by atoms with van der Waals surface area (Å²) in [7, 11) is 1.69. The Kier molecular flexibility index (Phi) is 3.76. The molecule has 23 heavy (non-hydrogen) atoms. The highest BCUT2D eigenvalue weighted by molar-refractivity contribution is 5.80. The predicted octanol–water partition coefficient (Wildman–Crippen LogP) is 2.56. The lowest BCUT2D eigenvalue weighted by atomic mass is 9.92. The summed E-state index contributed by atoms with van der Waals surface area (Å²) in [5.74, 6) is 2.67. The Hall–Kier alpha value is -1.97. The molecular formula is C19H24N2O2. The normalized spacial score (nSPS) is 29.2. The van der Waals surface area contributed by atoms with Crippen LogP contribution in [0, 0.1) is 17.8 Å². The number of methoxy groups -OCH3 is 1. The van der Waals surface area contributed by atoms with Crippen molar-refractivity contribution in [2.75, 3.05) is 38.2 Å². The monoisotopic (exact) mass is 312 g/mol. The number of allylic oxidation sites excluding steroid dienone is 2. The molecule has 122 valence electrons. The van der Waals surface area contributed by atoms with Gasteiger partial charge in [0.05, 0.1) is 7.11 Å². The van der Waals surface area contributed by atoms with Crippen molar-refractivity contribution in [1.29, 1.82) is 0 Å². The number of benzene rings is 1. The largest absolute Gasteiger partial charge is 0.497 e. The number of hydrogen-bond acceptors (Lipinski definition) is 3. The van der Waals surface area contributed by atoms with E-state index in [1.54, 1.807) is 7.11 Å². The minimum Gasteiger partial charge on any atom is -0.497 e. The summed E-state index contributed by atoms with van der Waals surface area (Å²) in [6.45, 7) is 3.45. The van der Waals surface area contributed by atoms with Crippen LogP contribution in [0.3, 0.4) is 0 Å². The molecular weight excluding hydrogens is 288 g/mol. The van der Waals surface area contributed by atoms with Crippen molar-refractivity contribution in [3.8, 4) is 5.75 Å². The highest BCUT2D eigenvalue weighted by Crippen LogP contribution is 2.44. The van der Waals surface area contributed by atoms with Gasteiger partial charge in [-0.2, -0.15) is 0 Å². The maximum Gasteiger partial charge on any atom is 0.226 e. The Morgan fingerprint density at radius 1 is 1.13 bits per heavy atom. The highest BCUT2D eigenvalue weighted by atomic mass is 16.5. The maximum atomic E-state index is 12.8. The lowest BCUT2D eigenvalue weighted by molar-refractivity contribution is -0.136. The van der Waals surface area contributed by atoms with Gasteiger partial charge in [0.25, 0.3) is 0 Å². The van der Waals surface area contributed by atoms with Crippen LogP contribution in [0.1, 0.15) is 12.8 Å². The number of fused-ring (bicyclic) bond motifs is 2. The average Bonchev–Trinajstić information content (AvgIpc) is 3.24. The molecule has 2 aliphatic carbocycles. The molecule has 1 amide bonds. The highest BCUT2D eigenvalue weighted by Gasteiger charge is 2.41. The van der Waals surface area contributed by atoms with Crippen molar-refractivity contribution in [3.63, 3.8) is 0 Å². The van der Waals surface area contributed by atoms with Gasteiger partial charge < -0.3 is 14.5 Å². The lowest BCUT2D eigenvalue weighted by Gasteiger charge is -2.38. The van der Waals surface area contributed by atoms with Gasteiger partial charge in [0.15, 0.2) is 0 Å². The number of hydrogen-bond donors (Lipinski definition) is 0. The SMILES string of the molecule is COc1cccc(N2CCN(C(=O)[C@H]3C[C@@H]4C=C[C@H]3C4)CC2)c1. The first kappa shape index (κ1) is 14.6.